The van der Waals surface area contributed by atoms with E-state index in [1.165, 1.54) is 35.3 Å². The quantitative estimate of drug-likeness (QED) is 0.634. The van der Waals surface area contributed by atoms with Gasteiger partial charge in [-0.05, 0) is 68.5 Å². The zero-order chi connectivity index (χ0) is 19.5. The van der Waals surface area contributed by atoms with Crippen LogP contribution >= 0.6 is 11.8 Å². The van der Waals surface area contributed by atoms with Crippen molar-refractivity contribution < 1.29 is 4.79 Å². The van der Waals surface area contributed by atoms with Crippen LogP contribution < -0.4 is 5.32 Å². The third-order valence-corrected chi connectivity index (χ3v) is 6.34. The van der Waals surface area contributed by atoms with E-state index in [-0.39, 0.29) is 5.91 Å². The van der Waals surface area contributed by atoms with Crippen LogP contribution in [0.2, 0.25) is 0 Å². The molecule has 1 amide bonds. The Morgan fingerprint density at radius 2 is 1.89 bits per heavy atom. The Hall–Kier alpha value is -2.53. The summed E-state index contributed by atoms with van der Waals surface area (Å²) in [6.07, 6.45) is 3.61. The molecule has 1 aliphatic carbocycles. The summed E-state index contributed by atoms with van der Waals surface area (Å²) in [7, 11) is 0. The molecule has 0 aliphatic heterocycles. The molecule has 1 N–H and O–H groups in total. The number of amides is 1. The minimum atomic E-state index is 0.0526. The molecule has 0 saturated carbocycles. The Morgan fingerprint density at radius 3 is 2.71 bits per heavy atom. The molecule has 28 heavy (non-hydrogen) atoms. The van der Waals surface area contributed by atoms with Gasteiger partial charge in [-0.2, -0.15) is 5.10 Å². The molecule has 1 aliphatic rings. The molecular weight excluding hydrogens is 366 g/mol. The van der Waals surface area contributed by atoms with Crippen molar-refractivity contribution in [3.8, 4) is 5.69 Å². The Morgan fingerprint density at radius 1 is 1.11 bits per heavy atom. The second kappa shape index (κ2) is 8.23. The van der Waals surface area contributed by atoms with Crippen molar-refractivity contribution in [2.45, 2.75) is 44.6 Å². The number of benzene rings is 2. The van der Waals surface area contributed by atoms with E-state index in [9.17, 15) is 4.79 Å². The maximum absolute atomic E-state index is 12.4. The first-order valence-corrected chi connectivity index (χ1v) is 10.7. The molecule has 0 spiro atoms. The van der Waals surface area contributed by atoms with Gasteiger partial charge in [-0.15, -0.1) is 11.8 Å². The van der Waals surface area contributed by atoms with E-state index in [1.54, 1.807) is 11.8 Å². The lowest BCUT2D eigenvalue weighted by molar-refractivity contribution is -0.118. The standard InChI is InChI=1S/C23H25N3OS/c1-16-22(17(2)26(25-16)20-9-4-3-5-10-20)14-24-23(27)15-28-21-12-11-18-7-6-8-19(18)13-21/h3-5,9-13H,6-8,14-15H2,1-2H3,(H,24,27). The molecule has 3 aromatic rings. The normalized spacial score (nSPS) is 12.8. The molecular formula is C23H25N3OS. The molecule has 1 heterocycles. The number of nitrogens with one attached hydrogen (secondary N) is 1. The van der Waals surface area contributed by atoms with Crippen molar-refractivity contribution in [3.63, 3.8) is 0 Å². The number of hydrogen-bond donors (Lipinski definition) is 1. The molecule has 1 aromatic heterocycles. The molecule has 0 atom stereocenters. The van der Waals surface area contributed by atoms with Crippen molar-refractivity contribution in [2.75, 3.05) is 5.75 Å². The van der Waals surface area contributed by atoms with Crippen LogP contribution in [-0.2, 0) is 24.2 Å². The van der Waals surface area contributed by atoms with Gasteiger partial charge >= 0.3 is 0 Å². The second-order valence-electron chi connectivity index (χ2n) is 7.25. The fourth-order valence-electron chi connectivity index (χ4n) is 3.78. The lowest BCUT2D eigenvalue weighted by Gasteiger charge is -2.08. The summed E-state index contributed by atoms with van der Waals surface area (Å²) < 4.78 is 1.94. The van der Waals surface area contributed by atoms with Crippen molar-refractivity contribution >= 4 is 17.7 Å². The summed E-state index contributed by atoms with van der Waals surface area (Å²) in [5, 5.41) is 7.70. The Bertz CT molecular complexity index is 995. The number of para-hydroxylation sites is 1. The fraction of sp³-hybridized carbons (Fsp3) is 0.304. The number of nitrogens with zero attached hydrogens (tertiary/aromatic N) is 2. The predicted molar refractivity (Wildman–Crippen MR) is 114 cm³/mol. The van der Waals surface area contributed by atoms with Gasteiger partial charge in [0.2, 0.25) is 5.91 Å². The minimum Gasteiger partial charge on any atom is -0.351 e. The molecule has 4 nitrogen and oxygen atoms in total. The summed E-state index contributed by atoms with van der Waals surface area (Å²) in [5.74, 6) is 0.487. The second-order valence-corrected chi connectivity index (χ2v) is 8.29. The molecule has 5 heteroatoms. The maximum atomic E-state index is 12.4. The average Bonchev–Trinajstić information content (AvgIpc) is 3.29. The number of aryl methyl sites for hydroxylation is 3. The van der Waals surface area contributed by atoms with Gasteiger partial charge < -0.3 is 5.32 Å². The van der Waals surface area contributed by atoms with E-state index in [0.29, 0.717) is 12.3 Å². The zero-order valence-electron chi connectivity index (χ0n) is 16.4. The van der Waals surface area contributed by atoms with Crippen LogP contribution in [0.15, 0.2) is 53.4 Å². The Labute approximate surface area is 170 Å². The average molecular weight is 392 g/mol. The summed E-state index contributed by atoms with van der Waals surface area (Å²) in [6.45, 7) is 4.55. The number of carbonyl (C=O) groups excluding carboxylic acids is 1. The minimum absolute atomic E-state index is 0.0526. The largest absolute Gasteiger partial charge is 0.351 e. The van der Waals surface area contributed by atoms with Gasteiger partial charge in [0.1, 0.15) is 0 Å². The van der Waals surface area contributed by atoms with Crippen molar-refractivity contribution in [2.24, 2.45) is 0 Å². The third kappa shape index (κ3) is 3.99. The first-order valence-electron chi connectivity index (χ1n) is 9.73. The number of fused-ring (bicyclic) bond motifs is 1. The van der Waals surface area contributed by atoms with E-state index >= 15 is 0 Å². The highest BCUT2D eigenvalue weighted by atomic mass is 32.2. The number of carbonyl (C=O) groups is 1. The molecule has 4 rings (SSSR count). The third-order valence-electron chi connectivity index (χ3n) is 5.34. The van der Waals surface area contributed by atoms with E-state index in [0.717, 1.165) is 22.6 Å². The number of rotatable bonds is 6. The van der Waals surface area contributed by atoms with Gasteiger partial charge in [0.05, 0.1) is 17.1 Å². The first kappa shape index (κ1) is 18.8. The molecule has 0 unspecified atom stereocenters. The van der Waals surface area contributed by atoms with Crippen molar-refractivity contribution in [1.82, 2.24) is 15.1 Å². The number of hydrogen-bond acceptors (Lipinski definition) is 3. The van der Waals surface area contributed by atoms with Gasteiger partial charge in [0.25, 0.3) is 0 Å². The summed E-state index contributed by atoms with van der Waals surface area (Å²) >= 11 is 1.61. The predicted octanol–water partition coefficient (Wildman–Crippen LogP) is 4.39. The highest BCUT2D eigenvalue weighted by molar-refractivity contribution is 8.00. The number of thioether (sulfide) groups is 1. The summed E-state index contributed by atoms with van der Waals surface area (Å²) in [6, 6.07) is 16.7. The summed E-state index contributed by atoms with van der Waals surface area (Å²) in [4.78, 5) is 13.5. The van der Waals surface area contributed by atoms with Crippen LogP contribution in [-0.4, -0.2) is 21.4 Å². The Balaban J connectivity index is 1.35. The highest BCUT2D eigenvalue weighted by Gasteiger charge is 2.14. The van der Waals surface area contributed by atoms with E-state index in [4.69, 9.17) is 0 Å². The van der Waals surface area contributed by atoms with Crippen LogP contribution in [0.5, 0.6) is 0 Å². The lowest BCUT2D eigenvalue weighted by atomic mass is 10.1. The molecule has 0 bridgehead atoms. The highest BCUT2D eigenvalue weighted by Crippen LogP contribution is 2.27. The molecule has 0 fully saturated rings. The monoisotopic (exact) mass is 391 g/mol. The summed E-state index contributed by atoms with van der Waals surface area (Å²) in [5.41, 5.74) is 7.05. The van der Waals surface area contributed by atoms with Gasteiger partial charge in [-0.3, -0.25) is 4.79 Å². The van der Waals surface area contributed by atoms with Crippen LogP contribution in [0.4, 0.5) is 0 Å². The topological polar surface area (TPSA) is 46.9 Å². The van der Waals surface area contributed by atoms with Crippen LogP contribution in [0.25, 0.3) is 5.69 Å². The number of aromatic nitrogens is 2. The van der Waals surface area contributed by atoms with E-state index < -0.39 is 0 Å². The molecule has 0 radical (unpaired) electrons. The van der Waals surface area contributed by atoms with Crippen molar-refractivity contribution in [3.05, 3.63) is 76.6 Å². The van der Waals surface area contributed by atoms with Crippen molar-refractivity contribution in [1.29, 1.82) is 0 Å². The van der Waals surface area contributed by atoms with E-state index in [1.807, 2.05) is 48.9 Å². The SMILES string of the molecule is Cc1nn(-c2ccccc2)c(C)c1CNC(=O)CSc1ccc2c(c1)CCC2. The van der Waals surface area contributed by atoms with Gasteiger partial charge in [0, 0.05) is 22.7 Å². The fourth-order valence-corrected chi connectivity index (χ4v) is 4.57. The molecule has 2 aromatic carbocycles. The van der Waals surface area contributed by atoms with Crippen LogP contribution in [0, 0.1) is 13.8 Å². The van der Waals surface area contributed by atoms with Gasteiger partial charge in [-0.25, -0.2) is 4.68 Å². The maximum Gasteiger partial charge on any atom is 0.230 e. The zero-order valence-corrected chi connectivity index (χ0v) is 17.2. The van der Waals surface area contributed by atoms with Crippen LogP contribution in [0.1, 0.15) is 34.5 Å². The van der Waals surface area contributed by atoms with Gasteiger partial charge in [-0.1, -0.05) is 24.3 Å². The molecule has 144 valence electrons. The smallest absolute Gasteiger partial charge is 0.230 e. The van der Waals surface area contributed by atoms with Gasteiger partial charge in [0.15, 0.2) is 0 Å². The molecule has 0 saturated heterocycles. The Kier molecular flexibility index (Phi) is 5.53. The van der Waals surface area contributed by atoms with E-state index in [2.05, 4.69) is 28.6 Å². The first-order chi connectivity index (χ1) is 13.6. The lowest BCUT2D eigenvalue weighted by Crippen LogP contribution is -2.25. The van der Waals surface area contributed by atoms with Crippen LogP contribution in [0.3, 0.4) is 0 Å².